The maximum absolute atomic E-state index is 4.33. The molecule has 1 aliphatic heterocycles. The number of rotatable bonds is 4. The Kier molecular flexibility index (Phi) is 4.28. The minimum atomic E-state index is 0.553. The van der Waals surface area contributed by atoms with Gasteiger partial charge in [-0.25, -0.2) is 4.98 Å². The summed E-state index contributed by atoms with van der Waals surface area (Å²) in [5.74, 6) is 0.994. The van der Waals surface area contributed by atoms with E-state index in [-0.39, 0.29) is 0 Å². The lowest BCUT2D eigenvalue weighted by Crippen LogP contribution is -2.38. The molecule has 1 N–H and O–H groups in total. The van der Waals surface area contributed by atoms with Gasteiger partial charge in [-0.2, -0.15) is 0 Å². The number of benzene rings is 1. The van der Waals surface area contributed by atoms with Crippen molar-refractivity contribution in [3.05, 3.63) is 60.3 Å². The third-order valence-electron chi connectivity index (χ3n) is 3.85. The molecule has 0 spiro atoms. The summed E-state index contributed by atoms with van der Waals surface area (Å²) in [6.45, 7) is 3.37. The molecule has 0 radical (unpaired) electrons. The number of hydrogen-bond donors (Lipinski definition) is 1. The average molecular weight is 267 g/mol. The fourth-order valence-electron chi connectivity index (χ4n) is 2.73. The van der Waals surface area contributed by atoms with Crippen molar-refractivity contribution < 1.29 is 0 Å². The Bertz CT molecular complexity index is 455. The van der Waals surface area contributed by atoms with E-state index in [0.29, 0.717) is 6.04 Å². The van der Waals surface area contributed by atoms with Crippen molar-refractivity contribution in [2.45, 2.75) is 25.4 Å². The molecule has 0 bridgehead atoms. The minimum absolute atomic E-state index is 0.553. The molecule has 3 rings (SSSR count). The van der Waals surface area contributed by atoms with Crippen LogP contribution in [0.5, 0.6) is 0 Å². The molecule has 2 heterocycles. The van der Waals surface area contributed by atoms with Gasteiger partial charge in [-0.3, -0.25) is 4.90 Å². The number of pyridine rings is 1. The zero-order valence-electron chi connectivity index (χ0n) is 11.7. The van der Waals surface area contributed by atoms with Crippen molar-refractivity contribution in [2.24, 2.45) is 0 Å². The van der Waals surface area contributed by atoms with Crippen LogP contribution in [0.2, 0.25) is 0 Å². The first-order valence-electron chi connectivity index (χ1n) is 7.34. The summed E-state index contributed by atoms with van der Waals surface area (Å²) in [5, 5.41) is 3.53. The molecule has 104 valence electrons. The summed E-state index contributed by atoms with van der Waals surface area (Å²) >= 11 is 0. The van der Waals surface area contributed by atoms with E-state index in [0.717, 1.165) is 25.5 Å². The zero-order valence-corrected chi connectivity index (χ0v) is 11.7. The van der Waals surface area contributed by atoms with Crippen LogP contribution in [0.15, 0.2) is 54.7 Å². The largest absolute Gasteiger partial charge is 0.367 e. The Balaban J connectivity index is 1.47. The van der Waals surface area contributed by atoms with Crippen molar-refractivity contribution in [3.8, 4) is 0 Å². The van der Waals surface area contributed by atoms with E-state index in [9.17, 15) is 0 Å². The molecule has 0 amide bonds. The third-order valence-corrected chi connectivity index (χ3v) is 3.85. The first-order valence-corrected chi connectivity index (χ1v) is 7.34. The maximum atomic E-state index is 4.33. The van der Waals surface area contributed by atoms with Crippen molar-refractivity contribution in [3.63, 3.8) is 0 Å². The van der Waals surface area contributed by atoms with E-state index in [1.165, 1.54) is 18.4 Å². The smallest absolute Gasteiger partial charge is 0.126 e. The molecule has 0 saturated carbocycles. The van der Waals surface area contributed by atoms with Gasteiger partial charge in [0.05, 0.1) is 0 Å². The van der Waals surface area contributed by atoms with Crippen LogP contribution in [0.3, 0.4) is 0 Å². The molecule has 0 aliphatic carbocycles. The normalized spacial score (nSPS) is 17.0. The number of nitrogens with zero attached hydrogens (tertiary/aromatic N) is 2. The van der Waals surface area contributed by atoms with Crippen molar-refractivity contribution >= 4 is 5.82 Å². The van der Waals surface area contributed by atoms with Gasteiger partial charge in [0.2, 0.25) is 0 Å². The predicted molar refractivity (Wildman–Crippen MR) is 82.6 cm³/mol. The first kappa shape index (κ1) is 13.1. The fourth-order valence-corrected chi connectivity index (χ4v) is 2.73. The van der Waals surface area contributed by atoms with Gasteiger partial charge in [0, 0.05) is 31.9 Å². The molecular weight excluding hydrogens is 246 g/mol. The highest BCUT2D eigenvalue weighted by molar-refractivity contribution is 5.34. The van der Waals surface area contributed by atoms with Gasteiger partial charge in [-0.1, -0.05) is 36.4 Å². The summed E-state index contributed by atoms with van der Waals surface area (Å²) in [7, 11) is 0. The summed E-state index contributed by atoms with van der Waals surface area (Å²) in [6, 6.07) is 17.3. The second-order valence-corrected chi connectivity index (χ2v) is 5.40. The van der Waals surface area contributed by atoms with Crippen LogP contribution in [0.1, 0.15) is 18.4 Å². The topological polar surface area (TPSA) is 28.2 Å². The van der Waals surface area contributed by atoms with E-state index in [1.54, 1.807) is 0 Å². The molecule has 1 saturated heterocycles. The lowest BCUT2D eigenvalue weighted by atomic mass is 10.0. The molecule has 1 fully saturated rings. The quantitative estimate of drug-likeness (QED) is 0.922. The van der Waals surface area contributed by atoms with Crippen LogP contribution in [0.4, 0.5) is 5.82 Å². The van der Waals surface area contributed by atoms with Gasteiger partial charge < -0.3 is 5.32 Å². The van der Waals surface area contributed by atoms with Gasteiger partial charge in [-0.15, -0.1) is 0 Å². The Morgan fingerprint density at radius 2 is 1.75 bits per heavy atom. The standard InChI is InChI=1S/C17H21N3/c1-2-6-15(7-3-1)14-20-12-9-16(10-13-20)19-17-8-4-5-11-18-17/h1-8,11,16H,9-10,12-14H2,(H,18,19). The molecule has 3 nitrogen and oxygen atoms in total. The fraction of sp³-hybridized carbons (Fsp3) is 0.353. The molecule has 1 aromatic carbocycles. The molecular formula is C17H21N3. The summed E-state index contributed by atoms with van der Waals surface area (Å²) < 4.78 is 0. The number of nitrogens with one attached hydrogen (secondary N) is 1. The lowest BCUT2D eigenvalue weighted by Gasteiger charge is -2.32. The second-order valence-electron chi connectivity index (χ2n) is 5.40. The number of hydrogen-bond acceptors (Lipinski definition) is 3. The van der Waals surface area contributed by atoms with Gasteiger partial charge >= 0.3 is 0 Å². The highest BCUT2D eigenvalue weighted by Crippen LogP contribution is 2.16. The lowest BCUT2D eigenvalue weighted by molar-refractivity contribution is 0.211. The summed E-state index contributed by atoms with van der Waals surface area (Å²) in [5.41, 5.74) is 1.41. The van der Waals surface area contributed by atoms with E-state index in [2.05, 4.69) is 45.5 Å². The number of piperidine rings is 1. The van der Waals surface area contributed by atoms with E-state index >= 15 is 0 Å². The Morgan fingerprint density at radius 1 is 1.00 bits per heavy atom. The van der Waals surface area contributed by atoms with Crippen LogP contribution >= 0.6 is 0 Å². The van der Waals surface area contributed by atoms with E-state index in [1.807, 2.05) is 24.4 Å². The van der Waals surface area contributed by atoms with Crippen LogP contribution < -0.4 is 5.32 Å². The number of anilines is 1. The third kappa shape index (κ3) is 3.58. The maximum Gasteiger partial charge on any atom is 0.126 e. The van der Waals surface area contributed by atoms with Crippen LogP contribution in [0, 0.1) is 0 Å². The SMILES string of the molecule is c1ccc(CN2CCC(Nc3ccccn3)CC2)cc1. The molecule has 1 aromatic heterocycles. The molecule has 0 atom stereocenters. The average Bonchev–Trinajstić information content (AvgIpc) is 2.51. The van der Waals surface area contributed by atoms with Crippen molar-refractivity contribution in [1.29, 1.82) is 0 Å². The van der Waals surface area contributed by atoms with E-state index < -0.39 is 0 Å². The molecule has 20 heavy (non-hydrogen) atoms. The highest BCUT2D eigenvalue weighted by Gasteiger charge is 2.19. The Labute approximate surface area is 120 Å². The number of likely N-dealkylation sites (tertiary alicyclic amines) is 1. The summed E-state index contributed by atoms with van der Waals surface area (Å²) in [6.07, 6.45) is 4.21. The minimum Gasteiger partial charge on any atom is -0.367 e. The van der Waals surface area contributed by atoms with Crippen molar-refractivity contribution in [2.75, 3.05) is 18.4 Å². The van der Waals surface area contributed by atoms with E-state index in [4.69, 9.17) is 0 Å². The monoisotopic (exact) mass is 267 g/mol. The van der Waals surface area contributed by atoms with Gasteiger partial charge in [0.1, 0.15) is 5.82 Å². The van der Waals surface area contributed by atoms with Crippen molar-refractivity contribution in [1.82, 2.24) is 9.88 Å². The molecule has 2 aromatic rings. The van der Waals surface area contributed by atoms with Gasteiger partial charge in [0.15, 0.2) is 0 Å². The van der Waals surface area contributed by atoms with Gasteiger partial charge in [0.25, 0.3) is 0 Å². The zero-order chi connectivity index (χ0) is 13.6. The molecule has 3 heteroatoms. The molecule has 1 aliphatic rings. The Hall–Kier alpha value is -1.87. The van der Waals surface area contributed by atoms with Crippen LogP contribution in [0.25, 0.3) is 0 Å². The second kappa shape index (κ2) is 6.53. The highest BCUT2D eigenvalue weighted by atomic mass is 15.1. The Morgan fingerprint density at radius 3 is 2.45 bits per heavy atom. The van der Waals surface area contributed by atoms with Crippen LogP contribution in [-0.2, 0) is 6.54 Å². The predicted octanol–water partition coefficient (Wildman–Crippen LogP) is 3.16. The summed E-state index contributed by atoms with van der Waals surface area (Å²) in [4.78, 5) is 6.87. The van der Waals surface area contributed by atoms with Crippen LogP contribution in [-0.4, -0.2) is 29.0 Å². The first-order chi connectivity index (χ1) is 9.90. The van der Waals surface area contributed by atoms with Gasteiger partial charge in [-0.05, 0) is 30.5 Å². The number of aromatic nitrogens is 1. The molecule has 0 unspecified atom stereocenters.